The summed E-state index contributed by atoms with van der Waals surface area (Å²) in [6.07, 6.45) is 3.26. The van der Waals surface area contributed by atoms with E-state index in [1.54, 1.807) is 4.90 Å². The van der Waals surface area contributed by atoms with E-state index in [9.17, 15) is 4.79 Å². The number of hydrogen-bond donors (Lipinski definition) is 1. The molecule has 1 aliphatic rings. The highest BCUT2D eigenvalue weighted by Crippen LogP contribution is 2.28. The molecular weight excluding hydrogens is 238 g/mol. The van der Waals surface area contributed by atoms with Gasteiger partial charge in [0.1, 0.15) is 6.61 Å². The third kappa shape index (κ3) is 3.59. The van der Waals surface area contributed by atoms with Crippen molar-refractivity contribution in [2.24, 2.45) is 5.92 Å². The van der Waals surface area contributed by atoms with Crippen LogP contribution in [-0.2, 0) is 11.3 Å². The molecule has 1 amide bonds. The molecule has 1 aromatic rings. The van der Waals surface area contributed by atoms with Gasteiger partial charge in [0.05, 0.1) is 0 Å². The molecule has 0 bridgehead atoms. The molecule has 1 aliphatic carbocycles. The number of aliphatic hydroxyl groups excluding tert-OH is 1. The van der Waals surface area contributed by atoms with E-state index in [1.807, 2.05) is 31.3 Å². The van der Waals surface area contributed by atoms with Gasteiger partial charge in [0.15, 0.2) is 0 Å². The van der Waals surface area contributed by atoms with Gasteiger partial charge < -0.3 is 10.0 Å². The minimum atomic E-state index is -0.125. The van der Waals surface area contributed by atoms with Crippen LogP contribution in [0.5, 0.6) is 0 Å². The Morgan fingerprint density at radius 2 is 2.05 bits per heavy atom. The number of aliphatic hydroxyl groups is 1. The first-order valence-electron chi connectivity index (χ1n) is 6.64. The Morgan fingerprint density at radius 1 is 1.37 bits per heavy atom. The van der Waals surface area contributed by atoms with E-state index in [4.69, 9.17) is 5.11 Å². The minimum absolute atomic E-state index is 0.125. The van der Waals surface area contributed by atoms with Crippen molar-refractivity contribution in [3.8, 4) is 11.8 Å². The van der Waals surface area contributed by atoms with Gasteiger partial charge in [-0.05, 0) is 30.5 Å². The van der Waals surface area contributed by atoms with E-state index in [1.165, 1.54) is 6.42 Å². The third-order valence-electron chi connectivity index (χ3n) is 3.52. The van der Waals surface area contributed by atoms with Crippen LogP contribution in [0.4, 0.5) is 0 Å². The molecule has 1 N–H and O–H groups in total. The zero-order valence-corrected chi connectivity index (χ0v) is 11.2. The number of carbonyl (C=O) groups excluding carboxylic acids is 1. The van der Waals surface area contributed by atoms with Crippen molar-refractivity contribution in [3.63, 3.8) is 0 Å². The van der Waals surface area contributed by atoms with Crippen LogP contribution in [0.3, 0.4) is 0 Å². The molecule has 1 fully saturated rings. The fourth-order valence-corrected chi connectivity index (χ4v) is 2.15. The number of hydrogen-bond acceptors (Lipinski definition) is 2. The SMILES string of the molecule is CN(Cc1ccc(C#CCO)cc1)C(=O)C1CCC1. The summed E-state index contributed by atoms with van der Waals surface area (Å²) in [6, 6.07) is 7.79. The first kappa shape index (κ1) is 13.6. The fraction of sp³-hybridized carbons (Fsp3) is 0.438. The van der Waals surface area contributed by atoms with Crippen molar-refractivity contribution in [1.29, 1.82) is 0 Å². The Kier molecular flexibility index (Phi) is 4.59. The molecule has 1 saturated carbocycles. The van der Waals surface area contributed by atoms with E-state index < -0.39 is 0 Å². The van der Waals surface area contributed by atoms with E-state index >= 15 is 0 Å². The van der Waals surface area contributed by atoms with Crippen molar-refractivity contribution < 1.29 is 9.90 Å². The molecule has 3 heteroatoms. The smallest absolute Gasteiger partial charge is 0.225 e. The number of amides is 1. The molecule has 0 aromatic heterocycles. The number of benzene rings is 1. The van der Waals surface area contributed by atoms with Crippen LogP contribution >= 0.6 is 0 Å². The molecule has 2 rings (SSSR count). The van der Waals surface area contributed by atoms with Crippen LogP contribution in [0.15, 0.2) is 24.3 Å². The summed E-state index contributed by atoms with van der Waals surface area (Å²) in [6.45, 7) is 0.517. The fourth-order valence-electron chi connectivity index (χ4n) is 2.15. The Morgan fingerprint density at radius 3 is 2.58 bits per heavy atom. The van der Waals surface area contributed by atoms with Crippen molar-refractivity contribution in [2.75, 3.05) is 13.7 Å². The lowest BCUT2D eigenvalue weighted by Crippen LogP contribution is -2.35. The first-order valence-corrected chi connectivity index (χ1v) is 6.64. The summed E-state index contributed by atoms with van der Waals surface area (Å²) in [7, 11) is 1.86. The quantitative estimate of drug-likeness (QED) is 0.839. The van der Waals surface area contributed by atoms with Gasteiger partial charge in [0.25, 0.3) is 0 Å². The monoisotopic (exact) mass is 257 g/mol. The number of nitrogens with zero attached hydrogens (tertiary/aromatic N) is 1. The Hall–Kier alpha value is -1.79. The molecule has 0 unspecified atom stereocenters. The second-order valence-electron chi connectivity index (χ2n) is 4.98. The lowest BCUT2D eigenvalue weighted by atomic mass is 9.84. The Labute approximate surface area is 114 Å². The van der Waals surface area contributed by atoms with E-state index in [0.717, 1.165) is 24.0 Å². The van der Waals surface area contributed by atoms with Crippen LogP contribution in [0.25, 0.3) is 0 Å². The molecule has 0 aliphatic heterocycles. The van der Waals surface area contributed by atoms with E-state index in [2.05, 4.69) is 11.8 Å². The molecule has 3 nitrogen and oxygen atoms in total. The summed E-state index contributed by atoms with van der Waals surface area (Å²) in [5.74, 6) is 5.98. The number of rotatable bonds is 3. The van der Waals surface area contributed by atoms with Gasteiger partial charge in [0.2, 0.25) is 5.91 Å². The normalized spacial score (nSPS) is 14.2. The van der Waals surface area contributed by atoms with Crippen molar-refractivity contribution in [2.45, 2.75) is 25.8 Å². The molecular formula is C16H19NO2. The third-order valence-corrected chi connectivity index (χ3v) is 3.52. The highest BCUT2D eigenvalue weighted by atomic mass is 16.2. The van der Waals surface area contributed by atoms with Crippen molar-refractivity contribution in [1.82, 2.24) is 4.90 Å². The maximum absolute atomic E-state index is 12.0. The summed E-state index contributed by atoms with van der Waals surface area (Å²) >= 11 is 0. The van der Waals surface area contributed by atoms with Gasteiger partial charge in [-0.15, -0.1) is 0 Å². The molecule has 0 spiro atoms. The molecule has 100 valence electrons. The van der Waals surface area contributed by atoms with Gasteiger partial charge >= 0.3 is 0 Å². The summed E-state index contributed by atoms with van der Waals surface area (Å²) in [5.41, 5.74) is 1.98. The average molecular weight is 257 g/mol. The zero-order chi connectivity index (χ0) is 13.7. The lowest BCUT2D eigenvalue weighted by Gasteiger charge is -2.29. The van der Waals surface area contributed by atoms with Crippen LogP contribution in [-0.4, -0.2) is 29.6 Å². The molecule has 0 radical (unpaired) electrons. The predicted octanol–water partition coefficient (Wildman–Crippen LogP) is 1.79. The van der Waals surface area contributed by atoms with E-state index in [0.29, 0.717) is 6.54 Å². The maximum Gasteiger partial charge on any atom is 0.225 e. The van der Waals surface area contributed by atoms with Gasteiger partial charge in [-0.1, -0.05) is 30.4 Å². The Bertz CT molecular complexity index is 492. The molecule has 19 heavy (non-hydrogen) atoms. The van der Waals surface area contributed by atoms with Gasteiger partial charge in [-0.3, -0.25) is 4.79 Å². The molecule has 1 aromatic carbocycles. The molecule has 0 atom stereocenters. The second-order valence-corrected chi connectivity index (χ2v) is 4.98. The largest absolute Gasteiger partial charge is 0.384 e. The van der Waals surface area contributed by atoms with Gasteiger partial charge in [0, 0.05) is 25.1 Å². The lowest BCUT2D eigenvalue weighted by molar-refractivity contribution is -0.137. The van der Waals surface area contributed by atoms with Gasteiger partial charge in [-0.25, -0.2) is 0 Å². The standard InChI is InChI=1S/C16H19NO2/c1-17(16(19)15-5-2-6-15)12-14-9-7-13(8-10-14)4-3-11-18/h7-10,15,18H,2,5-6,11-12H2,1H3. The Balaban J connectivity index is 1.93. The van der Waals surface area contributed by atoms with Crippen LogP contribution in [0, 0.1) is 17.8 Å². The second kappa shape index (κ2) is 6.40. The summed E-state index contributed by atoms with van der Waals surface area (Å²) in [5, 5.41) is 8.63. The van der Waals surface area contributed by atoms with Gasteiger partial charge in [-0.2, -0.15) is 0 Å². The van der Waals surface area contributed by atoms with Crippen LogP contribution < -0.4 is 0 Å². The van der Waals surface area contributed by atoms with E-state index in [-0.39, 0.29) is 18.4 Å². The molecule has 0 heterocycles. The van der Waals surface area contributed by atoms with Crippen LogP contribution in [0.1, 0.15) is 30.4 Å². The average Bonchev–Trinajstić information content (AvgIpc) is 2.36. The predicted molar refractivity (Wildman–Crippen MR) is 74.2 cm³/mol. The maximum atomic E-state index is 12.0. The van der Waals surface area contributed by atoms with Crippen LogP contribution in [0.2, 0.25) is 0 Å². The van der Waals surface area contributed by atoms with Crippen molar-refractivity contribution in [3.05, 3.63) is 35.4 Å². The number of carbonyl (C=O) groups is 1. The zero-order valence-electron chi connectivity index (χ0n) is 11.2. The minimum Gasteiger partial charge on any atom is -0.384 e. The van der Waals surface area contributed by atoms with Crippen molar-refractivity contribution >= 4 is 5.91 Å². The first-order chi connectivity index (χ1) is 9.20. The highest BCUT2D eigenvalue weighted by molar-refractivity contribution is 5.79. The topological polar surface area (TPSA) is 40.5 Å². The summed E-state index contributed by atoms with van der Waals surface area (Å²) < 4.78 is 0. The molecule has 0 saturated heterocycles. The highest BCUT2D eigenvalue weighted by Gasteiger charge is 2.27. The summed E-state index contributed by atoms with van der Waals surface area (Å²) in [4.78, 5) is 13.8.